The molecule has 0 radical (unpaired) electrons. The van der Waals surface area contributed by atoms with Crippen LogP contribution < -0.4 is 9.46 Å². The number of sulfonamides is 1. The van der Waals surface area contributed by atoms with Crippen LogP contribution in [0.1, 0.15) is 11.1 Å². The molecule has 3 rings (SSSR count). The fourth-order valence-corrected chi connectivity index (χ4v) is 3.73. The van der Waals surface area contributed by atoms with Crippen LogP contribution in [-0.4, -0.2) is 20.5 Å². The molecule has 0 aliphatic heterocycles. The number of methoxy groups -OCH3 is 1. The molecule has 0 unspecified atom stereocenters. The van der Waals surface area contributed by atoms with Gasteiger partial charge >= 0.3 is 0 Å². The minimum atomic E-state index is -3.70. The highest BCUT2D eigenvalue weighted by Crippen LogP contribution is 2.24. The smallest absolute Gasteiger partial charge is 0.241 e. The van der Waals surface area contributed by atoms with Crippen molar-refractivity contribution in [3.05, 3.63) is 66.1 Å². The zero-order valence-corrected chi connectivity index (χ0v) is 14.7. The third kappa shape index (κ3) is 3.72. The van der Waals surface area contributed by atoms with Crippen molar-refractivity contribution < 1.29 is 17.6 Å². The molecule has 2 aromatic heterocycles. The highest BCUT2D eigenvalue weighted by atomic mass is 32.2. The molecule has 1 aromatic carbocycles. The lowest BCUT2D eigenvalue weighted by atomic mass is 10.1. The second-order valence-corrected chi connectivity index (χ2v) is 7.18. The number of nitrogens with one attached hydrogen (secondary N) is 1. The lowest BCUT2D eigenvalue weighted by Crippen LogP contribution is -2.24. The standard InChI is InChI=1S/C18H18N2O4S/c1-13-7-8-15(23-2)11-17(13)25(21,22)20-12-14-5-3-9-19-18(14)16-6-4-10-24-16/h3-11,20H,12H2,1-2H3. The monoisotopic (exact) mass is 358 g/mol. The van der Waals surface area contributed by atoms with Gasteiger partial charge in [-0.1, -0.05) is 12.1 Å². The van der Waals surface area contributed by atoms with Crippen molar-refractivity contribution in [1.29, 1.82) is 0 Å². The van der Waals surface area contributed by atoms with Gasteiger partial charge in [0.15, 0.2) is 5.76 Å². The number of rotatable bonds is 6. The molecule has 0 fully saturated rings. The SMILES string of the molecule is COc1ccc(C)c(S(=O)(=O)NCc2cccnc2-c2ccco2)c1. The van der Waals surface area contributed by atoms with Gasteiger partial charge in [0.25, 0.3) is 0 Å². The van der Waals surface area contributed by atoms with Crippen molar-refractivity contribution in [2.45, 2.75) is 18.4 Å². The van der Waals surface area contributed by atoms with E-state index in [0.717, 1.165) is 5.56 Å². The summed E-state index contributed by atoms with van der Waals surface area (Å²) in [6.07, 6.45) is 3.19. The fraction of sp³-hybridized carbons (Fsp3) is 0.167. The Morgan fingerprint density at radius 3 is 2.76 bits per heavy atom. The Morgan fingerprint density at radius 1 is 1.20 bits per heavy atom. The van der Waals surface area contributed by atoms with Crippen LogP contribution in [-0.2, 0) is 16.6 Å². The summed E-state index contributed by atoms with van der Waals surface area (Å²) >= 11 is 0. The van der Waals surface area contributed by atoms with E-state index in [1.165, 1.54) is 13.2 Å². The summed E-state index contributed by atoms with van der Waals surface area (Å²) < 4.78 is 38.5. The second-order valence-electron chi connectivity index (χ2n) is 5.44. The molecule has 130 valence electrons. The Kier molecular flexibility index (Phi) is 4.87. The Bertz CT molecular complexity index is 967. The highest BCUT2D eigenvalue weighted by molar-refractivity contribution is 7.89. The topological polar surface area (TPSA) is 81.4 Å². The van der Waals surface area contributed by atoms with Crippen LogP contribution in [0.3, 0.4) is 0 Å². The molecule has 7 heteroatoms. The zero-order chi connectivity index (χ0) is 17.9. The number of benzene rings is 1. The molecule has 0 spiro atoms. The minimum Gasteiger partial charge on any atom is -0.497 e. The number of aromatic nitrogens is 1. The predicted molar refractivity (Wildman–Crippen MR) is 93.7 cm³/mol. The summed E-state index contributed by atoms with van der Waals surface area (Å²) in [5.41, 5.74) is 1.98. The third-order valence-electron chi connectivity index (χ3n) is 3.78. The second kappa shape index (κ2) is 7.08. The van der Waals surface area contributed by atoms with Gasteiger partial charge in [0, 0.05) is 18.8 Å². The van der Waals surface area contributed by atoms with E-state index in [2.05, 4.69) is 9.71 Å². The first kappa shape index (κ1) is 17.2. The molecule has 0 saturated carbocycles. The minimum absolute atomic E-state index is 0.100. The summed E-state index contributed by atoms with van der Waals surface area (Å²) in [6, 6.07) is 12.1. The molecule has 2 heterocycles. The van der Waals surface area contributed by atoms with Crippen LogP contribution in [0.2, 0.25) is 0 Å². The van der Waals surface area contributed by atoms with E-state index in [0.29, 0.717) is 22.8 Å². The highest BCUT2D eigenvalue weighted by Gasteiger charge is 2.19. The van der Waals surface area contributed by atoms with E-state index in [1.54, 1.807) is 49.7 Å². The summed E-state index contributed by atoms with van der Waals surface area (Å²) in [4.78, 5) is 4.48. The average molecular weight is 358 g/mol. The number of aryl methyl sites for hydroxylation is 1. The van der Waals surface area contributed by atoms with E-state index in [9.17, 15) is 8.42 Å². The fourth-order valence-electron chi connectivity index (χ4n) is 2.46. The lowest BCUT2D eigenvalue weighted by Gasteiger charge is -2.12. The van der Waals surface area contributed by atoms with Gasteiger partial charge in [-0.2, -0.15) is 0 Å². The molecule has 0 bridgehead atoms. The largest absolute Gasteiger partial charge is 0.497 e. The van der Waals surface area contributed by atoms with Gasteiger partial charge in [0.1, 0.15) is 11.4 Å². The number of hydrogen-bond acceptors (Lipinski definition) is 5. The maximum Gasteiger partial charge on any atom is 0.241 e. The van der Waals surface area contributed by atoms with E-state index >= 15 is 0 Å². The Balaban J connectivity index is 1.87. The molecule has 0 aliphatic carbocycles. The van der Waals surface area contributed by atoms with Crippen LogP contribution in [0.15, 0.2) is 64.2 Å². The van der Waals surface area contributed by atoms with E-state index < -0.39 is 10.0 Å². The molecule has 0 amide bonds. The van der Waals surface area contributed by atoms with Gasteiger partial charge in [-0.25, -0.2) is 13.1 Å². The molecule has 0 saturated heterocycles. The lowest BCUT2D eigenvalue weighted by molar-refractivity contribution is 0.413. The van der Waals surface area contributed by atoms with Gasteiger partial charge in [-0.15, -0.1) is 0 Å². The first-order valence-electron chi connectivity index (χ1n) is 7.63. The normalized spacial score (nSPS) is 11.4. The average Bonchev–Trinajstić information content (AvgIpc) is 3.15. The molecule has 1 N–H and O–H groups in total. The van der Waals surface area contributed by atoms with Gasteiger partial charge in [0.2, 0.25) is 10.0 Å². The summed E-state index contributed by atoms with van der Waals surface area (Å²) in [5, 5.41) is 0. The molecule has 3 aromatic rings. The van der Waals surface area contributed by atoms with Crippen LogP contribution in [0.25, 0.3) is 11.5 Å². The zero-order valence-electron chi connectivity index (χ0n) is 13.9. The molecule has 6 nitrogen and oxygen atoms in total. The number of nitrogens with zero attached hydrogens (tertiary/aromatic N) is 1. The summed E-state index contributed by atoms with van der Waals surface area (Å²) in [7, 11) is -2.20. The van der Waals surface area contributed by atoms with E-state index in [-0.39, 0.29) is 11.4 Å². The number of ether oxygens (including phenoxy) is 1. The number of pyridine rings is 1. The molecule has 0 atom stereocenters. The maximum absolute atomic E-state index is 12.7. The van der Waals surface area contributed by atoms with Gasteiger partial charge in [0.05, 0.1) is 18.3 Å². The van der Waals surface area contributed by atoms with Crippen molar-refractivity contribution in [1.82, 2.24) is 9.71 Å². The Hall–Kier alpha value is -2.64. The Labute approximate surface area is 146 Å². The van der Waals surface area contributed by atoms with Crippen LogP contribution in [0.5, 0.6) is 5.75 Å². The number of furan rings is 1. The summed E-state index contributed by atoms with van der Waals surface area (Å²) in [6.45, 7) is 1.84. The van der Waals surface area contributed by atoms with Crippen molar-refractivity contribution >= 4 is 10.0 Å². The molecule has 0 aliphatic rings. The van der Waals surface area contributed by atoms with Crippen LogP contribution >= 0.6 is 0 Å². The van der Waals surface area contributed by atoms with Gasteiger partial charge < -0.3 is 9.15 Å². The van der Waals surface area contributed by atoms with Gasteiger partial charge in [-0.05, 0) is 42.3 Å². The quantitative estimate of drug-likeness (QED) is 0.732. The third-order valence-corrected chi connectivity index (χ3v) is 5.33. The maximum atomic E-state index is 12.7. The first-order valence-corrected chi connectivity index (χ1v) is 9.11. The van der Waals surface area contributed by atoms with Gasteiger partial charge in [-0.3, -0.25) is 4.98 Å². The Morgan fingerprint density at radius 2 is 2.04 bits per heavy atom. The van der Waals surface area contributed by atoms with Crippen molar-refractivity contribution in [2.24, 2.45) is 0 Å². The van der Waals surface area contributed by atoms with Crippen LogP contribution in [0, 0.1) is 6.92 Å². The molecular weight excluding hydrogens is 340 g/mol. The van der Waals surface area contributed by atoms with Crippen molar-refractivity contribution in [2.75, 3.05) is 7.11 Å². The number of hydrogen-bond donors (Lipinski definition) is 1. The van der Waals surface area contributed by atoms with Crippen molar-refractivity contribution in [3.8, 4) is 17.2 Å². The van der Waals surface area contributed by atoms with E-state index in [1.807, 2.05) is 6.07 Å². The summed E-state index contributed by atoms with van der Waals surface area (Å²) in [5.74, 6) is 1.08. The molecular formula is C18H18N2O4S. The first-order chi connectivity index (χ1) is 12.0. The predicted octanol–water partition coefficient (Wildman–Crippen LogP) is 3.14. The van der Waals surface area contributed by atoms with E-state index in [4.69, 9.17) is 9.15 Å². The van der Waals surface area contributed by atoms with Crippen molar-refractivity contribution in [3.63, 3.8) is 0 Å². The van der Waals surface area contributed by atoms with Crippen LogP contribution in [0.4, 0.5) is 0 Å². The molecule has 25 heavy (non-hydrogen) atoms.